The SMILES string of the molecule is CCC(C)(C)N(C)CCCCC(C)(CO)NC1CC1. The molecule has 114 valence electrons. The van der Waals surface area contributed by atoms with Crippen LogP contribution in [0.25, 0.3) is 0 Å². The van der Waals surface area contributed by atoms with Crippen LogP contribution in [0.1, 0.15) is 66.2 Å². The lowest BCUT2D eigenvalue weighted by atomic mass is 9.94. The van der Waals surface area contributed by atoms with E-state index in [2.05, 4.69) is 45.0 Å². The molecule has 1 rings (SSSR count). The molecule has 0 spiro atoms. The van der Waals surface area contributed by atoms with Crippen LogP contribution in [0.4, 0.5) is 0 Å². The number of rotatable bonds is 10. The summed E-state index contributed by atoms with van der Waals surface area (Å²) in [5, 5.41) is 13.1. The van der Waals surface area contributed by atoms with Gasteiger partial charge >= 0.3 is 0 Å². The fraction of sp³-hybridized carbons (Fsp3) is 1.00. The van der Waals surface area contributed by atoms with Crippen molar-refractivity contribution in [3.63, 3.8) is 0 Å². The lowest BCUT2D eigenvalue weighted by Crippen LogP contribution is -2.47. The molecule has 1 aliphatic rings. The molecule has 3 nitrogen and oxygen atoms in total. The Morgan fingerprint density at radius 1 is 1.21 bits per heavy atom. The van der Waals surface area contributed by atoms with E-state index in [1.165, 1.54) is 32.1 Å². The highest BCUT2D eigenvalue weighted by Gasteiger charge is 2.31. The van der Waals surface area contributed by atoms with Crippen LogP contribution in [0, 0.1) is 0 Å². The van der Waals surface area contributed by atoms with E-state index >= 15 is 0 Å². The van der Waals surface area contributed by atoms with Crippen molar-refractivity contribution in [1.82, 2.24) is 10.2 Å². The van der Waals surface area contributed by atoms with E-state index in [-0.39, 0.29) is 12.1 Å². The maximum atomic E-state index is 9.56. The summed E-state index contributed by atoms with van der Waals surface area (Å²) in [6.07, 6.45) is 7.20. The first-order valence-electron chi connectivity index (χ1n) is 7.93. The van der Waals surface area contributed by atoms with Gasteiger partial charge in [-0.25, -0.2) is 0 Å². The Hall–Kier alpha value is -0.120. The number of nitrogens with zero attached hydrogens (tertiary/aromatic N) is 1. The van der Waals surface area contributed by atoms with Gasteiger partial charge in [-0.3, -0.25) is 0 Å². The fourth-order valence-corrected chi connectivity index (χ4v) is 2.35. The molecule has 1 fully saturated rings. The van der Waals surface area contributed by atoms with Crippen molar-refractivity contribution >= 4 is 0 Å². The normalized spacial score (nSPS) is 19.7. The monoisotopic (exact) mass is 270 g/mol. The minimum Gasteiger partial charge on any atom is -0.394 e. The summed E-state index contributed by atoms with van der Waals surface area (Å²) < 4.78 is 0. The first kappa shape index (κ1) is 16.9. The van der Waals surface area contributed by atoms with Crippen LogP contribution < -0.4 is 5.32 Å². The molecule has 1 saturated carbocycles. The summed E-state index contributed by atoms with van der Waals surface area (Å²) in [5.41, 5.74) is 0.229. The summed E-state index contributed by atoms with van der Waals surface area (Å²) in [5.74, 6) is 0. The van der Waals surface area contributed by atoms with Gasteiger partial charge in [-0.15, -0.1) is 0 Å². The predicted octanol–water partition coefficient (Wildman–Crippen LogP) is 2.78. The van der Waals surface area contributed by atoms with Crippen LogP contribution in [0.3, 0.4) is 0 Å². The summed E-state index contributed by atoms with van der Waals surface area (Å²) in [6.45, 7) is 10.4. The largest absolute Gasteiger partial charge is 0.394 e. The van der Waals surface area contributed by atoms with E-state index in [0.717, 1.165) is 13.0 Å². The molecule has 0 aromatic rings. The second-order valence-corrected chi connectivity index (χ2v) is 7.18. The van der Waals surface area contributed by atoms with E-state index in [1.807, 2.05) is 0 Å². The van der Waals surface area contributed by atoms with Gasteiger partial charge in [0.05, 0.1) is 6.61 Å². The van der Waals surface area contributed by atoms with Gasteiger partial charge in [0, 0.05) is 17.1 Å². The van der Waals surface area contributed by atoms with Crippen LogP contribution in [0.2, 0.25) is 0 Å². The van der Waals surface area contributed by atoms with Crippen molar-refractivity contribution in [2.75, 3.05) is 20.2 Å². The quantitative estimate of drug-likeness (QED) is 0.599. The van der Waals surface area contributed by atoms with Crippen molar-refractivity contribution in [3.8, 4) is 0 Å². The minimum atomic E-state index is -0.0694. The van der Waals surface area contributed by atoms with Gasteiger partial charge in [0.15, 0.2) is 0 Å². The third-order valence-electron chi connectivity index (χ3n) is 4.85. The van der Waals surface area contributed by atoms with Crippen molar-refractivity contribution in [3.05, 3.63) is 0 Å². The van der Waals surface area contributed by atoms with Crippen LogP contribution in [-0.2, 0) is 0 Å². The molecule has 0 amide bonds. The Morgan fingerprint density at radius 2 is 1.84 bits per heavy atom. The smallest absolute Gasteiger partial charge is 0.0610 e. The van der Waals surface area contributed by atoms with Gasteiger partial charge in [-0.05, 0) is 66.5 Å². The number of hydrogen-bond acceptors (Lipinski definition) is 3. The lowest BCUT2D eigenvalue weighted by Gasteiger charge is -2.35. The second-order valence-electron chi connectivity index (χ2n) is 7.18. The second kappa shape index (κ2) is 7.05. The summed E-state index contributed by atoms with van der Waals surface area (Å²) in [4.78, 5) is 2.46. The number of nitrogens with one attached hydrogen (secondary N) is 1. The van der Waals surface area contributed by atoms with Gasteiger partial charge in [-0.1, -0.05) is 13.3 Å². The summed E-state index contributed by atoms with van der Waals surface area (Å²) in [7, 11) is 2.22. The number of hydrogen-bond donors (Lipinski definition) is 2. The highest BCUT2D eigenvalue weighted by atomic mass is 16.3. The Balaban J connectivity index is 2.21. The van der Waals surface area contributed by atoms with E-state index in [4.69, 9.17) is 0 Å². The van der Waals surface area contributed by atoms with Crippen LogP contribution in [-0.4, -0.2) is 47.3 Å². The van der Waals surface area contributed by atoms with Crippen molar-refractivity contribution < 1.29 is 5.11 Å². The summed E-state index contributed by atoms with van der Waals surface area (Å²) >= 11 is 0. The van der Waals surface area contributed by atoms with E-state index in [0.29, 0.717) is 11.6 Å². The molecule has 0 saturated heterocycles. The van der Waals surface area contributed by atoms with Gasteiger partial charge in [-0.2, -0.15) is 0 Å². The van der Waals surface area contributed by atoms with Gasteiger partial charge in [0.25, 0.3) is 0 Å². The maximum absolute atomic E-state index is 9.56. The average molecular weight is 270 g/mol. The maximum Gasteiger partial charge on any atom is 0.0610 e. The Bertz CT molecular complexity index is 263. The molecule has 2 N–H and O–H groups in total. The number of aliphatic hydroxyl groups is 1. The molecule has 3 heteroatoms. The molecule has 1 atom stereocenters. The minimum absolute atomic E-state index is 0.0694. The molecule has 19 heavy (non-hydrogen) atoms. The van der Waals surface area contributed by atoms with E-state index < -0.39 is 0 Å². The average Bonchev–Trinajstić information content (AvgIpc) is 3.18. The topological polar surface area (TPSA) is 35.5 Å². The molecule has 1 aliphatic carbocycles. The fourth-order valence-electron chi connectivity index (χ4n) is 2.35. The summed E-state index contributed by atoms with van der Waals surface area (Å²) in [6, 6.07) is 0.666. The van der Waals surface area contributed by atoms with Crippen LogP contribution in [0.15, 0.2) is 0 Å². The van der Waals surface area contributed by atoms with E-state index in [1.54, 1.807) is 0 Å². The van der Waals surface area contributed by atoms with Crippen molar-refractivity contribution in [1.29, 1.82) is 0 Å². The first-order chi connectivity index (χ1) is 8.83. The molecule has 1 unspecified atom stereocenters. The third-order valence-corrected chi connectivity index (χ3v) is 4.85. The standard InChI is InChI=1S/C16H34N2O/c1-6-15(2,3)18(5)12-8-7-11-16(4,13-19)17-14-9-10-14/h14,17,19H,6-13H2,1-5H3. The molecule has 0 aromatic carbocycles. The third kappa shape index (κ3) is 5.80. The molecular formula is C16H34N2O. The molecular weight excluding hydrogens is 236 g/mol. The highest BCUT2D eigenvalue weighted by molar-refractivity contribution is 4.92. The molecule has 0 aliphatic heterocycles. The molecule has 0 bridgehead atoms. The zero-order chi connectivity index (χ0) is 14.5. The molecule has 0 radical (unpaired) electrons. The number of unbranched alkanes of at least 4 members (excludes halogenated alkanes) is 1. The van der Waals surface area contributed by atoms with Crippen molar-refractivity contribution in [2.45, 2.75) is 83.3 Å². The van der Waals surface area contributed by atoms with Crippen molar-refractivity contribution in [2.24, 2.45) is 0 Å². The lowest BCUT2D eigenvalue weighted by molar-refractivity contribution is 0.138. The first-order valence-corrected chi connectivity index (χ1v) is 7.93. The molecule has 0 aromatic heterocycles. The van der Waals surface area contributed by atoms with Gasteiger partial charge in [0.2, 0.25) is 0 Å². The van der Waals surface area contributed by atoms with Gasteiger partial charge in [0.1, 0.15) is 0 Å². The van der Waals surface area contributed by atoms with Gasteiger partial charge < -0.3 is 15.3 Å². The number of aliphatic hydroxyl groups excluding tert-OH is 1. The zero-order valence-corrected chi connectivity index (χ0v) is 13.6. The van der Waals surface area contributed by atoms with Crippen LogP contribution >= 0.6 is 0 Å². The zero-order valence-electron chi connectivity index (χ0n) is 13.6. The Labute approximate surface area is 119 Å². The van der Waals surface area contributed by atoms with E-state index in [9.17, 15) is 5.11 Å². The Kier molecular flexibility index (Phi) is 6.28. The Morgan fingerprint density at radius 3 is 2.32 bits per heavy atom. The van der Waals surface area contributed by atoms with Crippen LogP contribution in [0.5, 0.6) is 0 Å². The molecule has 0 heterocycles. The highest BCUT2D eigenvalue weighted by Crippen LogP contribution is 2.25. The predicted molar refractivity (Wildman–Crippen MR) is 82.5 cm³/mol.